The molecule has 2 unspecified atom stereocenters. The van der Waals surface area contributed by atoms with Gasteiger partial charge in [0.25, 0.3) is 0 Å². The third-order valence-electron chi connectivity index (χ3n) is 2.74. The van der Waals surface area contributed by atoms with E-state index in [-0.39, 0.29) is 11.8 Å². The number of carbonyl (C=O) groups is 3. The highest BCUT2D eigenvalue weighted by atomic mass is 16.4. The topological polar surface area (TPSA) is 108 Å². The van der Waals surface area contributed by atoms with Crippen molar-refractivity contribution < 1.29 is 19.5 Å². The molecule has 7 nitrogen and oxygen atoms in total. The molecule has 0 bridgehead atoms. The van der Waals surface area contributed by atoms with Crippen LogP contribution in [0.3, 0.4) is 0 Å². The van der Waals surface area contributed by atoms with Gasteiger partial charge in [0.2, 0.25) is 5.91 Å². The zero-order valence-corrected chi connectivity index (χ0v) is 10.5. The molecule has 1 saturated carbocycles. The Morgan fingerprint density at radius 3 is 2.33 bits per heavy atom. The van der Waals surface area contributed by atoms with Crippen LogP contribution in [-0.4, -0.2) is 41.6 Å². The summed E-state index contributed by atoms with van der Waals surface area (Å²) in [6.07, 6.45) is 1.62. The van der Waals surface area contributed by atoms with E-state index in [0.717, 1.165) is 12.8 Å². The van der Waals surface area contributed by atoms with E-state index in [1.807, 2.05) is 0 Å². The van der Waals surface area contributed by atoms with Gasteiger partial charge in [-0.1, -0.05) is 0 Å². The Bertz CT molecular complexity index is 341. The van der Waals surface area contributed by atoms with Gasteiger partial charge in [-0.15, -0.1) is 0 Å². The van der Waals surface area contributed by atoms with Gasteiger partial charge >= 0.3 is 12.0 Å². The van der Waals surface area contributed by atoms with Gasteiger partial charge in [0.15, 0.2) is 0 Å². The summed E-state index contributed by atoms with van der Waals surface area (Å²) in [5, 5.41) is 16.3. The fourth-order valence-corrected chi connectivity index (χ4v) is 1.58. The van der Waals surface area contributed by atoms with Crippen LogP contribution in [0.4, 0.5) is 4.79 Å². The van der Waals surface area contributed by atoms with E-state index in [0.29, 0.717) is 6.54 Å². The molecule has 1 rings (SSSR count). The van der Waals surface area contributed by atoms with Crippen LogP contribution in [0.5, 0.6) is 0 Å². The van der Waals surface area contributed by atoms with Gasteiger partial charge in [0, 0.05) is 6.54 Å². The summed E-state index contributed by atoms with van der Waals surface area (Å²) in [6, 6.07) is -2.20. The summed E-state index contributed by atoms with van der Waals surface area (Å²) in [5.74, 6) is -1.34. The maximum atomic E-state index is 11.5. The Labute approximate surface area is 105 Å². The summed E-state index contributed by atoms with van der Waals surface area (Å²) < 4.78 is 0. The van der Waals surface area contributed by atoms with Gasteiger partial charge in [-0.2, -0.15) is 0 Å². The number of likely N-dealkylation sites (N-methyl/N-ethyl adjacent to an activating group) is 1. The van der Waals surface area contributed by atoms with Crippen molar-refractivity contribution in [3.05, 3.63) is 0 Å². The van der Waals surface area contributed by atoms with Crippen molar-refractivity contribution in [3.63, 3.8) is 0 Å². The van der Waals surface area contributed by atoms with Gasteiger partial charge in [-0.3, -0.25) is 4.79 Å². The molecule has 0 saturated heterocycles. The molecule has 3 amide bonds. The molecule has 0 radical (unpaired) electrons. The molecule has 1 aliphatic carbocycles. The number of nitrogens with one attached hydrogen (secondary N) is 3. The minimum Gasteiger partial charge on any atom is -0.480 e. The van der Waals surface area contributed by atoms with Crippen molar-refractivity contribution in [3.8, 4) is 0 Å². The van der Waals surface area contributed by atoms with Gasteiger partial charge in [-0.25, -0.2) is 9.59 Å². The smallest absolute Gasteiger partial charge is 0.326 e. The minimum atomic E-state index is -1.04. The molecule has 1 aliphatic rings. The van der Waals surface area contributed by atoms with Crippen LogP contribution >= 0.6 is 0 Å². The molecule has 18 heavy (non-hydrogen) atoms. The minimum absolute atomic E-state index is 0.00743. The van der Waals surface area contributed by atoms with E-state index in [9.17, 15) is 14.4 Å². The number of urea groups is 1. The van der Waals surface area contributed by atoms with Gasteiger partial charge in [0.05, 0.1) is 0 Å². The average molecular weight is 257 g/mol. The third kappa shape index (κ3) is 4.23. The molecular formula is C11H19N3O4. The Kier molecular flexibility index (Phi) is 4.94. The van der Waals surface area contributed by atoms with Crippen LogP contribution in [0.25, 0.3) is 0 Å². The number of carboxylic acids is 1. The molecule has 0 aromatic carbocycles. The predicted molar refractivity (Wildman–Crippen MR) is 64.0 cm³/mol. The Morgan fingerprint density at radius 1 is 1.28 bits per heavy atom. The van der Waals surface area contributed by atoms with Gasteiger partial charge in [-0.05, 0) is 32.6 Å². The first-order valence-corrected chi connectivity index (χ1v) is 6.03. The van der Waals surface area contributed by atoms with Crippen molar-refractivity contribution in [1.82, 2.24) is 16.0 Å². The second-order valence-corrected chi connectivity index (χ2v) is 4.39. The summed E-state index contributed by atoms with van der Waals surface area (Å²) in [7, 11) is 0. The lowest BCUT2D eigenvalue weighted by Crippen LogP contribution is -2.52. The van der Waals surface area contributed by atoms with Gasteiger partial charge in [0.1, 0.15) is 12.1 Å². The quantitative estimate of drug-likeness (QED) is 0.522. The van der Waals surface area contributed by atoms with Crippen LogP contribution in [0.2, 0.25) is 0 Å². The number of hydrogen-bond donors (Lipinski definition) is 4. The summed E-state index contributed by atoms with van der Waals surface area (Å²) >= 11 is 0. The maximum Gasteiger partial charge on any atom is 0.326 e. The second-order valence-electron chi connectivity index (χ2n) is 4.39. The van der Waals surface area contributed by atoms with E-state index < -0.39 is 24.1 Å². The lowest BCUT2D eigenvalue weighted by atomic mass is 10.2. The maximum absolute atomic E-state index is 11.5. The van der Waals surface area contributed by atoms with Crippen LogP contribution < -0.4 is 16.0 Å². The fraction of sp³-hybridized carbons (Fsp3) is 0.727. The highest BCUT2D eigenvalue weighted by Crippen LogP contribution is 2.32. The van der Waals surface area contributed by atoms with Crippen LogP contribution in [-0.2, 0) is 9.59 Å². The van der Waals surface area contributed by atoms with E-state index >= 15 is 0 Å². The van der Waals surface area contributed by atoms with Crippen molar-refractivity contribution >= 4 is 17.9 Å². The molecule has 2 atom stereocenters. The first-order chi connectivity index (χ1) is 8.45. The van der Waals surface area contributed by atoms with Crippen molar-refractivity contribution in [2.24, 2.45) is 5.92 Å². The molecule has 102 valence electrons. The molecule has 0 aromatic rings. The van der Waals surface area contributed by atoms with Crippen LogP contribution in [0, 0.1) is 5.92 Å². The number of carboxylic acid groups (broad SMARTS) is 1. The van der Waals surface area contributed by atoms with Crippen LogP contribution in [0.15, 0.2) is 0 Å². The van der Waals surface area contributed by atoms with E-state index in [4.69, 9.17) is 5.11 Å². The standard InChI is InChI=1S/C11H19N3O4/c1-3-12-9(15)6(2)13-11(18)14-8(10(16)17)7-4-5-7/h6-8H,3-5H2,1-2H3,(H,12,15)(H,16,17)(H2,13,14,18). The Morgan fingerprint density at radius 2 is 1.89 bits per heavy atom. The molecular weight excluding hydrogens is 238 g/mol. The highest BCUT2D eigenvalue weighted by Gasteiger charge is 2.37. The second kappa shape index (κ2) is 6.23. The van der Waals surface area contributed by atoms with E-state index in [1.54, 1.807) is 6.92 Å². The molecule has 0 spiro atoms. The van der Waals surface area contributed by atoms with E-state index in [1.165, 1.54) is 6.92 Å². The van der Waals surface area contributed by atoms with Crippen molar-refractivity contribution in [2.75, 3.05) is 6.54 Å². The monoisotopic (exact) mass is 257 g/mol. The predicted octanol–water partition coefficient (Wildman–Crippen LogP) is -0.327. The molecule has 1 fully saturated rings. The number of carbonyl (C=O) groups excluding carboxylic acids is 2. The Balaban J connectivity index is 2.40. The lowest BCUT2D eigenvalue weighted by Gasteiger charge is -2.17. The summed E-state index contributed by atoms with van der Waals surface area (Å²) in [6.45, 7) is 3.79. The number of hydrogen-bond acceptors (Lipinski definition) is 3. The number of rotatable bonds is 6. The molecule has 4 N–H and O–H groups in total. The first-order valence-electron chi connectivity index (χ1n) is 6.03. The van der Waals surface area contributed by atoms with Crippen molar-refractivity contribution in [1.29, 1.82) is 0 Å². The summed E-state index contributed by atoms with van der Waals surface area (Å²) in [4.78, 5) is 33.8. The van der Waals surface area contributed by atoms with Crippen LogP contribution in [0.1, 0.15) is 26.7 Å². The summed E-state index contributed by atoms with van der Waals surface area (Å²) in [5.41, 5.74) is 0. The molecule has 0 heterocycles. The number of amides is 3. The largest absolute Gasteiger partial charge is 0.480 e. The van der Waals surface area contributed by atoms with Gasteiger partial charge < -0.3 is 21.1 Å². The normalized spacial score (nSPS) is 17.4. The fourth-order valence-electron chi connectivity index (χ4n) is 1.58. The lowest BCUT2D eigenvalue weighted by molar-refractivity contribution is -0.139. The third-order valence-corrected chi connectivity index (χ3v) is 2.74. The highest BCUT2D eigenvalue weighted by molar-refractivity contribution is 5.88. The zero-order chi connectivity index (χ0) is 13.7. The Hall–Kier alpha value is -1.79. The molecule has 0 aromatic heterocycles. The average Bonchev–Trinajstić information content (AvgIpc) is 3.09. The first kappa shape index (κ1) is 14.3. The number of aliphatic carboxylic acids is 1. The zero-order valence-electron chi connectivity index (χ0n) is 10.5. The SMILES string of the molecule is CCNC(=O)C(C)NC(=O)NC(C(=O)O)C1CC1. The molecule has 0 aliphatic heterocycles. The van der Waals surface area contributed by atoms with E-state index in [2.05, 4.69) is 16.0 Å². The van der Waals surface area contributed by atoms with Crippen molar-refractivity contribution in [2.45, 2.75) is 38.8 Å². The molecule has 7 heteroatoms.